The first-order valence-electron chi connectivity index (χ1n) is 6.63. The first-order valence-corrected chi connectivity index (χ1v) is 7.01. The summed E-state index contributed by atoms with van der Waals surface area (Å²) in [5.41, 5.74) is 3.13. The molecule has 4 heteroatoms. The molecule has 0 saturated carbocycles. The zero-order valence-electron chi connectivity index (χ0n) is 12.3. The van der Waals surface area contributed by atoms with Crippen LogP contribution in [0.5, 0.6) is 5.75 Å². The second-order valence-corrected chi connectivity index (χ2v) is 5.36. The Hall–Kier alpha value is -1.45. The van der Waals surface area contributed by atoms with E-state index >= 15 is 0 Å². The van der Waals surface area contributed by atoms with Gasteiger partial charge in [-0.3, -0.25) is 0 Å². The second kappa shape index (κ2) is 6.33. The van der Waals surface area contributed by atoms with Crippen molar-refractivity contribution in [1.29, 1.82) is 0 Å². The number of furan rings is 1. The van der Waals surface area contributed by atoms with Crippen molar-refractivity contribution in [3.63, 3.8) is 0 Å². The molecule has 0 atom stereocenters. The van der Waals surface area contributed by atoms with Crippen LogP contribution in [0.4, 0.5) is 0 Å². The molecular weight excluding hydrogens is 274 g/mol. The molecule has 0 fully saturated rings. The van der Waals surface area contributed by atoms with E-state index in [1.807, 2.05) is 46.0 Å². The Labute approximate surface area is 124 Å². The molecule has 1 N–H and O–H groups in total. The van der Waals surface area contributed by atoms with E-state index < -0.39 is 0 Å². The van der Waals surface area contributed by atoms with Crippen LogP contribution in [0.25, 0.3) is 0 Å². The molecule has 0 bridgehead atoms. The second-order valence-electron chi connectivity index (χ2n) is 4.98. The lowest BCUT2D eigenvalue weighted by Gasteiger charge is -2.09. The number of rotatable bonds is 5. The third-order valence-electron chi connectivity index (χ3n) is 3.23. The maximum absolute atomic E-state index is 6.15. The smallest absolute Gasteiger partial charge is 0.120 e. The molecule has 108 valence electrons. The van der Waals surface area contributed by atoms with Crippen molar-refractivity contribution in [1.82, 2.24) is 5.32 Å². The molecule has 2 rings (SSSR count). The van der Waals surface area contributed by atoms with Gasteiger partial charge in [0.2, 0.25) is 0 Å². The summed E-state index contributed by atoms with van der Waals surface area (Å²) >= 11 is 6.15. The molecule has 2 aromatic rings. The predicted molar refractivity (Wildman–Crippen MR) is 81.5 cm³/mol. The summed E-state index contributed by atoms with van der Waals surface area (Å²) in [6.07, 6.45) is 0. The van der Waals surface area contributed by atoms with Crippen molar-refractivity contribution in [3.05, 3.63) is 51.4 Å². The Morgan fingerprint density at radius 2 is 1.80 bits per heavy atom. The van der Waals surface area contributed by atoms with Gasteiger partial charge in [-0.25, -0.2) is 0 Å². The number of aryl methyl sites for hydroxylation is 3. The van der Waals surface area contributed by atoms with Crippen LogP contribution in [0.15, 0.2) is 22.6 Å². The standard InChI is InChI=1S/C16H20ClNO2/c1-10-5-14(6-11(2)16(10)17)19-9-13-7-15(8-18-4)20-12(13)3/h5-7,18H,8-9H2,1-4H3. The molecule has 0 aliphatic carbocycles. The topological polar surface area (TPSA) is 34.4 Å². The van der Waals surface area contributed by atoms with Gasteiger partial charge in [-0.2, -0.15) is 0 Å². The Bertz CT molecular complexity index is 582. The Kier molecular flexibility index (Phi) is 4.73. The van der Waals surface area contributed by atoms with E-state index in [0.29, 0.717) is 6.61 Å². The molecule has 0 spiro atoms. The lowest BCUT2D eigenvalue weighted by Crippen LogP contribution is -2.03. The van der Waals surface area contributed by atoms with Crippen LogP contribution in [0.3, 0.4) is 0 Å². The summed E-state index contributed by atoms with van der Waals surface area (Å²) in [5, 5.41) is 3.87. The summed E-state index contributed by atoms with van der Waals surface area (Å²) in [7, 11) is 1.90. The zero-order chi connectivity index (χ0) is 14.7. The van der Waals surface area contributed by atoms with Gasteiger partial charge in [0.05, 0.1) is 6.54 Å². The normalized spacial score (nSPS) is 10.8. The van der Waals surface area contributed by atoms with Gasteiger partial charge in [0.15, 0.2) is 0 Å². The number of benzene rings is 1. The Morgan fingerprint density at radius 3 is 2.40 bits per heavy atom. The third kappa shape index (κ3) is 3.35. The number of halogens is 1. The maximum Gasteiger partial charge on any atom is 0.120 e. The zero-order valence-corrected chi connectivity index (χ0v) is 13.1. The highest BCUT2D eigenvalue weighted by Crippen LogP contribution is 2.27. The van der Waals surface area contributed by atoms with E-state index in [1.165, 1.54) is 0 Å². The SMILES string of the molecule is CNCc1cc(COc2cc(C)c(Cl)c(C)c2)c(C)o1. The van der Waals surface area contributed by atoms with Gasteiger partial charge in [-0.15, -0.1) is 0 Å². The molecule has 0 saturated heterocycles. The quantitative estimate of drug-likeness (QED) is 0.899. The lowest BCUT2D eigenvalue weighted by atomic mass is 10.1. The van der Waals surface area contributed by atoms with Gasteiger partial charge in [0.25, 0.3) is 0 Å². The fraction of sp³-hybridized carbons (Fsp3) is 0.375. The van der Waals surface area contributed by atoms with E-state index in [-0.39, 0.29) is 0 Å². The molecule has 1 heterocycles. The van der Waals surface area contributed by atoms with Crippen LogP contribution in [0.2, 0.25) is 5.02 Å². The minimum absolute atomic E-state index is 0.500. The van der Waals surface area contributed by atoms with Crippen molar-refractivity contribution in [2.75, 3.05) is 7.05 Å². The van der Waals surface area contributed by atoms with E-state index in [4.69, 9.17) is 20.8 Å². The summed E-state index contributed by atoms with van der Waals surface area (Å²) in [6.45, 7) is 7.14. The fourth-order valence-corrected chi connectivity index (χ4v) is 2.25. The summed E-state index contributed by atoms with van der Waals surface area (Å²) in [4.78, 5) is 0. The number of nitrogens with one attached hydrogen (secondary N) is 1. The predicted octanol–water partition coefficient (Wildman–Crippen LogP) is 4.16. The summed E-state index contributed by atoms with van der Waals surface area (Å²) in [6, 6.07) is 5.94. The molecule has 1 aromatic heterocycles. The van der Waals surface area contributed by atoms with Crippen LogP contribution in [-0.4, -0.2) is 7.05 Å². The van der Waals surface area contributed by atoms with Crippen LogP contribution in [0.1, 0.15) is 28.2 Å². The molecule has 1 aromatic carbocycles. The molecule has 0 aliphatic rings. The minimum atomic E-state index is 0.500. The number of ether oxygens (including phenoxy) is 1. The van der Waals surface area contributed by atoms with E-state index in [9.17, 15) is 0 Å². The van der Waals surface area contributed by atoms with Gasteiger partial charge in [-0.05, 0) is 57.1 Å². The highest BCUT2D eigenvalue weighted by atomic mass is 35.5. The number of hydrogen-bond acceptors (Lipinski definition) is 3. The molecule has 0 unspecified atom stereocenters. The van der Waals surface area contributed by atoms with Crippen LogP contribution >= 0.6 is 11.6 Å². The first-order chi connectivity index (χ1) is 9.51. The van der Waals surface area contributed by atoms with Gasteiger partial charge in [-0.1, -0.05) is 11.6 Å². The molecule has 0 aliphatic heterocycles. The fourth-order valence-electron chi connectivity index (χ4n) is 2.14. The highest BCUT2D eigenvalue weighted by molar-refractivity contribution is 6.32. The molecule has 0 radical (unpaired) electrons. The van der Waals surface area contributed by atoms with Gasteiger partial charge < -0.3 is 14.5 Å². The van der Waals surface area contributed by atoms with Crippen molar-refractivity contribution >= 4 is 11.6 Å². The summed E-state index contributed by atoms with van der Waals surface area (Å²) < 4.78 is 11.5. The van der Waals surface area contributed by atoms with Crippen molar-refractivity contribution in [2.24, 2.45) is 0 Å². The molecular formula is C16H20ClNO2. The van der Waals surface area contributed by atoms with Gasteiger partial charge in [0.1, 0.15) is 23.9 Å². The van der Waals surface area contributed by atoms with Gasteiger partial charge >= 0.3 is 0 Å². The van der Waals surface area contributed by atoms with E-state index in [1.54, 1.807) is 0 Å². The molecule has 3 nitrogen and oxygen atoms in total. The first kappa shape index (κ1) is 14.9. The lowest BCUT2D eigenvalue weighted by molar-refractivity contribution is 0.302. The largest absolute Gasteiger partial charge is 0.489 e. The van der Waals surface area contributed by atoms with Crippen LogP contribution in [-0.2, 0) is 13.2 Å². The molecule has 0 amide bonds. The molecule has 20 heavy (non-hydrogen) atoms. The van der Waals surface area contributed by atoms with Crippen LogP contribution < -0.4 is 10.1 Å². The van der Waals surface area contributed by atoms with E-state index in [0.717, 1.165) is 45.5 Å². The monoisotopic (exact) mass is 293 g/mol. The van der Waals surface area contributed by atoms with Crippen molar-refractivity contribution in [2.45, 2.75) is 33.9 Å². The number of hydrogen-bond donors (Lipinski definition) is 1. The minimum Gasteiger partial charge on any atom is -0.489 e. The third-order valence-corrected chi connectivity index (χ3v) is 3.82. The summed E-state index contributed by atoms with van der Waals surface area (Å²) in [5.74, 6) is 2.66. The van der Waals surface area contributed by atoms with Crippen LogP contribution in [0, 0.1) is 20.8 Å². The maximum atomic E-state index is 6.15. The Balaban J connectivity index is 2.09. The Morgan fingerprint density at radius 1 is 1.15 bits per heavy atom. The highest BCUT2D eigenvalue weighted by Gasteiger charge is 2.09. The van der Waals surface area contributed by atoms with Gasteiger partial charge in [0, 0.05) is 10.6 Å². The average Bonchev–Trinajstić information content (AvgIpc) is 2.74. The average molecular weight is 294 g/mol. The van der Waals surface area contributed by atoms with Crippen molar-refractivity contribution < 1.29 is 9.15 Å². The van der Waals surface area contributed by atoms with E-state index in [2.05, 4.69) is 5.32 Å². The van der Waals surface area contributed by atoms with Crippen molar-refractivity contribution in [3.8, 4) is 5.75 Å².